The van der Waals surface area contributed by atoms with Crippen molar-refractivity contribution in [2.45, 2.75) is 36.3 Å². The quantitative estimate of drug-likeness (QED) is 0.395. The molecule has 2 heterocycles. The Morgan fingerprint density at radius 1 is 1.22 bits per heavy atom. The van der Waals surface area contributed by atoms with Crippen LogP contribution in [0.15, 0.2) is 58.7 Å². The molecule has 4 rings (SSSR count). The minimum Gasteiger partial charge on any atom is -0.444 e. The zero-order chi connectivity index (χ0) is 25.9. The lowest BCUT2D eigenvalue weighted by Crippen LogP contribution is -2.18. The molecule has 9 nitrogen and oxygen atoms in total. The number of hydrogen-bond acceptors (Lipinski definition) is 9. The number of halogens is 2. The highest BCUT2D eigenvalue weighted by molar-refractivity contribution is 7.92. The Balaban J connectivity index is 1.54. The van der Waals surface area contributed by atoms with Gasteiger partial charge >= 0.3 is 0 Å². The fourth-order valence-corrected chi connectivity index (χ4v) is 5.05. The van der Waals surface area contributed by atoms with E-state index < -0.39 is 33.8 Å². The van der Waals surface area contributed by atoms with Gasteiger partial charge in [-0.25, -0.2) is 22.8 Å². The van der Waals surface area contributed by atoms with Gasteiger partial charge in [-0.15, -0.1) is 5.10 Å². The summed E-state index contributed by atoms with van der Waals surface area (Å²) in [7, 11) is -1.87. The second-order valence-electron chi connectivity index (χ2n) is 8.27. The summed E-state index contributed by atoms with van der Waals surface area (Å²) < 4.78 is 58.2. The largest absolute Gasteiger partial charge is 0.444 e. The minimum absolute atomic E-state index is 0.0528. The fraction of sp³-hybridized carbons (Fsp3) is 0.292. The van der Waals surface area contributed by atoms with Crippen molar-refractivity contribution in [1.82, 2.24) is 20.7 Å². The Kier molecular flexibility index (Phi) is 7.45. The molecule has 36 heavy (non-hydrogen) atoms. The van der Waals surface area contributed by atoms with E-state index in [1.54, 1.807) is 31.3 Å². The van der Waals surface area contributed by atoms with Crippen LogP contribution in [-0.2, 0) is 21.1 Å². The number of nitrogen functional groups attached to an aromatic ring is 1. The van der Waals surface area contributed by atoms with Gasteiger partial charge in [0.2, 0.25) is 12.1 Å². The summed E-state index contributed by atoms with van der Waals surface area (Å²) in [4.78, 5) is 8.79. The molecule has 0 bridgehead atoms. The first-order valence-electron chi connectivity index (χ1n) is 11.2. The number of nitrogens with one attached hydrogen (secondary N) is 2. The normalized spacial score (nSPS) is 16.2. The van der Waals surface area contributed by atoms with Crippen molar-refractivity contribution in [3.8, 4) is 11.3 Å². The van der Waals surface area contributed by atoms with E-state index in [1.807, 2.05) is 0 Å². The van der Waals surface area contributed by atoms with E-state index in [1.165, 1.54) is 31.3 Å². The highest BCUT2D eigenvalue weighted by Gasteiger charge is 2.28. The Morgan fingerprint density at radius 2 is 1.97 bits per heavy atom. The number of anilines is 1. The van der Waals surface area contributed by atoms with Crippen molar-refractivity contribution in [3.05, 3.63) is 71.3 Å². The van der Waals surface area contributed by atoms with E-state index in [0.717, 1.165) is 5.56 Å². The van der Waals surface area contributed by atoms with E-state index in [4.69, 9.17) is 10.5 Å². The van der Waals surface area contributed by atoms with Gasteiger partial charge in [-0.05, 0) is 50.2 Å². The Bertz CT molecular complexity index is 1380. The molecule has 2 aromatic carbocycles. The van der Waals surface area contributed by atoms with Crippen molar-refractivity contribution >= 4 is 21.6 Å². The van der Waals surface area contributed by atoms with Crippen LogP contribution in [-0.4, -0.2) is 43.3 Å². The van der Waals surface area contributed by atoms with Crippen molar-refractivity contribution in [2.24, 2.45) is 5.10 Å². The SMILES string of the molecule is CNCc1ccc(C2=NNC(c3nc(-c4ccc(S(=O)(=O)C(C)CCF)cc4)cnc3N)O2)c(F)c1. The number of sulfone groups is 1. The van der Waals surface area contributed by atoms with Gasteiger partial charge < -0.3 is 15.8 Å². The predicted octanol–water partition coefficient (Wildman–Crippen LogP) is 3.09. The highest BCUT2D eigenvalue weighted by atomic mass is 32.2. The molecular weight excluding hydrogens is 490 g/mol. The average molecular weight is 517 g/mol. The molecule has 0 saturated carbocycles. The molecule has 4 N–H and O–H groups in total. The molecule has 1 aliphatic heterocycles. The molecule has 0 radical (unpaired) electrons. The van der Waals surface area contributed by atoms with Gasteiger partial charge in [0.05, 0.1) is 34.3 Å². The van der Waals surface area contributed by atoms with Gasteiger partial charge in [-0.2, -0.15) is 0 Å². The summed E-state index contributed by atoms with van der Waals surface area (Å²) in [5, 5.41) is 6.21. The van der Waals surface area contributed by atoms with Gasteiger partial charge in [-0.3, -0.25) is 9.82 Å². The Morgan fingerprint density at radius 3 is 2.64 bits per heavy atom. The standard InChI is InChI=1S/C24H26F2N6O3S/c1-14(9-10-25)36(33,34)17-6-4-16(5-7-17)20-13-29-22(27)21(30-20)24-32-31-23(35-24)18-8-3-15(12-28-2)11-19(18)26/h3-8,11,13-14,24,28,32H,9-10,12H2,1-2H3,(H2,27,29). The second kappa shape index (κ2) is 10.5. The second-order valence-corrected chi connectivity index (χ2v) is 10.6. The summed E-state index contributed by atoms with van der Waals surface area (Å²) in [6.07, 6.45) is 0.481. The van der Waals surface area contributed by atoms with Crippen LogP contribution in [0.1, 0.15) is 36.4 Å². The maximum atomic E-state index is 14.6. The third-order valence-electron chi connectivity index (χ3n) is 5.76. The Hall–Kier alpha value is -3.64. The van der Waals surface area contributed by atoms with Crippen molar-refractivity contribution < 1.29 is 21.9 Å². The molecule has 2 atom stereocenters. The van der Waals surface area contributed by atoms with Crippen LogP contribution < -0.4 is 16.5 Å². The number of alkyl halides is 1. The van der Waals surface area contributed by atoms with Crippen LogP contribution in [0.25, 0.3) is 11.3 Å². The van der Waals surface area contributed by atoms with Gasteiger partial charge in [0.1, 0.15) is 11.5 Å². The summed E-state index contributed by atoms with van der Waals surface area (Å²) in [5.74, 6) is -0.332. The Labute approximate surface area is 207 Å². The number of rotatable bonds is 9. The first kappa shape index (κ1) is 25.5. The number of nitrogens with zero attached hydrogens (tertiary/aromatic N) is 3. The molecule has 2 unspecified atom stereocenters. The lowest BCUT2D eigenvalue weighted by atomic mass is 10.1. The van der Waals surface area contributed by atoms with Crippen molar-refractivity contribution in [3.63, 3.8) is 0 Å². The average Bonchev–Trinajstić information content (AvgIpc) is 3.34. The first-order chi connectivity index (χ1) is 17.2. The van der Waals surface area contributed by atoms with Crippen LogP contribution in [0, 0.1) is 5.82 Å². The molecular formula is C24H26F2N6O3S. The number of benzene rings is 2. The van der Waals surface area contributed by atoms with Crippen LogP contribution >= 0.6 is 0 Å². The maximum absolute atomic E-state index is 14.6. The van der Waals surface area contributed by atoms with E-state index in [9.17, 15) is 17.2 Å². The van der Waals surface area contributed by atoms with Gasteiger partial charge in [0, 0.05) is 12.1 Å². The van der Waals surface area contributed by atoms with Crippen LogP contribution in [0.3, 0.4) is 0 Å². The van der Waals surface area contributed by atoms with Crippen LogP contribution in [0.2, 0.25) is 0 Å². The third-order valence-corrected chi connectivity index (χ3v) is 7.98. The van der Waals surface area contributed by atoms with Gasteiger partial charge in [0.25, 0.3) is 0 Å². The van der Waals surface area contributed by atoms with Gasteiger partial charge in [-0.1, -0.05) is 18.2 Å². The van der Waals surface area contributed by atoms with E-state index >= 15 is 0 Å². The monoisotopic (exact) mass is 516 g/mol. The summed E-state index contributed by atoms with van der Waals surface area (Å²) in [5.41, 5.74) is 11.0. The predicted molar refractivity (Wildman–Crippen MR) is 132 cm³/mol. The third kappa shape index (κ3) is 5.14. The first-order valence-corrected chi connectivity index (χ1v) is 12.7. The molecule has 12 heteroatoms. The molecule has 0 amide bonds. The number of hydrogen-bond donors (Lipinski definition) is 3. The molecule has 190 valence electrons. The molecule has 0 aliphatic carbocycles. The fourth-order valence-electron chi connectivity index (χ4n) is 3.67. The summed E-state index contributed by atoms with van der Waals surface area (Å²) >= 11 is 0. The lowest BCUT2D eigenvalue weighted by Gasteiger charge is -2.14. The summed E-state index contributed by atoms with van der Waals surface area (Å²) in [6, 6.07) is 10.8. The number of nitrogens with two attached hydrogens (primary N) is 1. The smallest absolute Gasteiger partial charge is 0.243 e. The number of ether oxygens (including phenoxy) is 1. The van der Waals surface area contributed by atoms with Crippen molar-refractivity contribution in [2.75, 3.05) is 19.5 Å². The molecule has 0 spiro atoms. The number of aromatic nitrogens is 2. The molecule has 0 fully saturated rings. The highest BCUT2D eigenvalue weighted by Crippen LogP contribution is 2.28. The molecule has 1 aliphatic rings. The van der Waals surface area contributed by atoms with Gasteiger partial charge in [0.15, 0.2) is 15.7 Å². The zero-order valence-corrected chi connectivity index (χ0v) is 20.5. The molecule has 1 aromatic heterocycles. The maximum Gasteiger partial charge on any atom is 0.243 e. The number of hydrazone groups is 1. The van der Waals surface area contributed by atoms with E-state index in [0.29, 0.717) is 17.8 Å². The van der Waals surface area contributed by atoms with Crippen LogP contribution in [0.4, 0.5) is 14.6 Å². The molecule has 3 aromatic rings. The summed E-state index contributed by atoms with van der Waals surface area (Å²) in [6.45, 7) is 1.29. The topological polar surface area (TPSA) is 132 Å². The van der Waals surface area contributed by atoms with E-state index in [-0.39, 0.29) is 34.3 Å². The zero-order valence-electron chi connectivity index (χ0n) is 19.7. The molecule has 0 saturated heterocycles. The van der Waals surface area contributed by atoms with Crippen LogP contribution in [0.5, 0.6) is 0 Å². The lowest BCUT2D eigenvalue weighted by molar-refractivity contribution is 0.187. The minimum atomic E-state index is -3.65. The van der Waals surface area contributed by atoms with E-state index in [2.05, 4.69) is 25.8 Å². The van der Waals surface area contributed by atoms with Crippen molar-refractivity contribution in [1.29, 1.82) is 0 Å².